The van der Waals surface area contributed by atoms with Gasteiger partial charge in [-0.3, -0.25) is 0 Å². The van der Waals surface area contributed by atoms with E-state index in [9.17, 15) is 0 Å². The molecule has 1 nitrogen and oxygen atoms in total. The Morgan fingerprint density at radius 2 is 0.676 bits per heavy atom. The molecule has 2 heteroatoms. The first-order chi connectivity index (χ1) is 16.9. The van der Waals surface area contributed by atoms with Crippen molar-refractivity contribution >= 4 is 34.6 Å². The van der Waals surface area contributed by atoms with E-state index in [1.54, 1.807) is 0 Å². The van der Waals surface area contributed by atoms with E-state index in [0.717, 1.165) is 12.7 Å². The van der Waals surface area contributed by atoms with E-state index in [1.165, 1.54) is 27.3 Å². The van der Waals surface area contributed by atoms with Gasteiger partial charge < -0.3 is 4.90 Å². The average Bonchev–Trinajstić information content (AvgIpc) is 2.94. The Balaban J connectivity index is 1.65. The third-order valence-electron chi connectivity index (χ3n) is 6.39. The van der Waals surface area contributed by atoms with Crippen LogP contribution in [0.1, 0.15) is 0 Å². The summed E-state index contributed by atoms with van der Waals surface area (Å²) in [4.78, 5) is 2.46. The molecule has 166 valence electrons. The molecule has 0 saturated carbocycles. The van der Waals surface area contributed by atoms with Gasteiger partial charge in [0.25, 0.3) is 0 Å². The van der Waals surface area contributed by atoms with E-state index in [1.807, 2.05) is 0 Å². The molecule has 5 rings (SSSR count). The monoisotopic (exact) mass is 458 g/mol. The summed E-state index contributed by atoms with van der Waals surface area (Å²) in [6.45, 7) is 0.917. The van der Waals surface area contributed by atoms with Crippen molar-refractivity contribution in [3.05, 3.63) is 152 Å². The fraction of sp³-hybridized carbons (Fsp3) is 0.0625. The molecule has 0 saturated heterocycles. The van der Waals surface area contributed by atoms with Crippen LogP contribution in [0.4, 0.5) is 11.4 Å². The van der Waals surface area contributed by atoms with Gasteiger partial charge in [0.2, 0.25) is 0 Å². The van der Waals surface area contributed by atoms with E-state index in [4.69, 9.17) is 0 Å². The quantitative estimate of drug-likeness (QED) is 0.231. The Morgan fingerprint density at radius 3 is 1.00 bits per heavy atom. The predicted molar refractivity (Wildman–Crippen MR) is 150 cm³/mol. The number of hydrogen-bond acceptors (Lipinski definition) is 1. The third kappa shape index (κ3) is 4.53. The van der Waals surface area contributed by atoms with Gasteiger partial charge in [0, 0.05) is 11.4 Å². The molecule has 0 radical (unpaired) electrons. The molecule has 0 aliphatic rings. The van der Waals surface area contributed by atoms with Crippen LogP contribution in [0.25, 0.3) is 0 Å². The summed E-state index contributed by atoms with van der Waals surface area (Å²) in [6.07, 6.45) is 1.04. The fourth-order valence-electron chi connectivity index (χ4n) is 4.76. The van der Waals surface area contributed by atoms with Crippen LogP contribution in [-0.2, 0) is 0 Å². The number of hydrogen-bond donors (Lipinski definition) is 0. The highest BCUT2D eigenvalue weighted by molar-refractivity contribution is 7.95. The molecular weight excluding hydrogens is 429 g/mol. The smallest absolute Gasteiger partial charge is 0.113 e. The van der Waals surface area contributed by atoms with Gasteiger partial charge in [-0.05, 0) is 60.7 Å². The summed E-state index contributed by atoms with van der Waals surface area (Å²) in [5.74, 6) is 0. The van der Waals surface area contributed by atoms with Crippen LogP contribution in [0.15, 0.2) is 152 Å². The van der Waals surface area contributed by atoms with Crippen molar-refractivity contribution in [2.45, 2.75) is 0 Å². The first kappa shape index (κ1) is 22.1. The lowest BCUT2D eigenvalue weighted by atomic mass is 10.2. The van der Waals surface area contributed by atoms with Crippen LogP contribution in [0.2, 0.25) is 0 Å². The maximum Gasteiger partial charge on any atom is 0.113 e. The van der Waals surface area contributed by atoms with Gasteiger partial charge in [-0.25, -0.2) is 0 Å². The zero-order valence-electron chi connectivity index (χ0n) is 19.2. The van der Waals surface area contributed by atoms with E-state index < -0.39 is 7.26 Å². The molecule has 0 aliphatic carbocycles. The Bertz CT molecular complexity index is 1140. The zero-order chi connectivity index (χ0) is 23.1. The molecule has 5 aromatic rings. The summed E-state index contributed by atoms with van der Waals surface area (Å²) in [5.41, 5.74) is 2.45. The molecule has 34 heavy (non-hydrogen) atoms. The van der Waals surface area contributed by atoms with Crippen LogP contribution < -0.4 is 20.8 Å². The summed E-state index contributed by atoms with van der Waals surface area (Å²) >= 11 is 0. The molecular formula is C32H29NP+. The molecule has 0 aromatic heterocycles. The normalized spacial score (nSPS) is 11.2. The number of anilines is 2. The number of benzene rings is 5. The topological polar surface area (TPSA) is 3.24 Å². The second-order valence-electron chi connectivity index (χ2n) is 8.36. The maximum atomic E-state index is 2.46. The second-order valence-corrected chi connectivity index (χ2v) is 12.0. The Hall–Kier alpha value is -3.67. The zero-order valence-corrected chi connectivity index (χ0v) is 20.1. The molecule has 0 amide bonds. The van der Waals surface area contributed by atoms with Crippen molar-refractivity contribution in [2.24, 2.45) is 0 Å². The third-order valence-corrected chi connectivity index (χ3v) is 10.8. The van der Waals surface area contributed by atoms with Gasteiger partial charge in [0.15, 0.2) is 0 Å². The van der Waals surface area contributed by atoms with Crippen molar-refractivity contribution in [1.82, 2.24) is 0 Å². The molecule has 0 aliphatic heterocycles. The molecule has 0 fully saturated rings. The lowest BCUT2D eigenvalue weighted by molar-refractivity contribution is 1.03. The Morgan fingerprint density at radius 1 is 0.382 bits per heavy atom. The minimum absolute atomic E-state index is 0.917. The number of para-hydroxylation sites is 2. The van der Waals surface area contributed by atoms with Gasteiger partial charge in [-0.2, -0.15) is 0 Å². The molecule has 0 bridgehead atoms. The first-order valence-electron chi connectivity index (χ1n) is 11.8. The van der Waals surface area contributed by atoms with Crippen LogP contribution in [0, 0.1) is 0 Å². The Labute approximate surface area is 203 Å². The molecule has 0 spiro atoms. The standard InChI is InChI=1S/C32H29NP/c1-6-16-28(17-7-1)33(29-18-8-2-9-19-29)26-27-34(30-20-10-3-11-21-30,31-22-12-4-13-23-31)32-24-14-5-15-25-32/h1-25H,26-27H2/q+1. The minimum atomic E-state index is -1.89. The van der Waals surface area contributed by atoms with E-state index in [0.29, 0.717) is 0 Å². The molecule has 0 heterocycles. The van der Waals surface area contributed by atoms with Crippen molar-refractivity contribution in [3.63, 3.8) is 0 Å². The summed E-state index contributed by atoms with van der Waals surface area (Å²) in [5, 5.41) is 4.27. The number of rotatable bonds is 8. The minimum Gasteiger partial charge on any atom is -0.338 e. The highest BCUT2D eigenvalue weighted by atomic mass is 31.2. The van der Waals surface area contributed by atoms with Gasteiger partial charge in [-0.1, -0.05) is 91.0 Å². The molecule has 0 unspecified atom stereocenters. The number of nitrogens with zero attached hydrogens (tertiary/aromatic N) is 1. The fourth-order valence-corrected chi connectivity index (χ4v) is 8.97. The first-order valence-corrected chi connectivity index (χ1v) is 13.8. The van der Waals surface area contributed by atoms with Gasteiger partial charge in [0.1, 0.15) is 23.2 Å². The SMILES string of the molecule is c1ccc(N(CC[P+](c2ccccc2)(c2ccccc2)c2ccccc2)c2ccccc2)cc1. The van der Waals surface area contributed by atoms with Gasteiger partial charge in [0.05, 0.1) is 12.7 Å². The van der Waals surface area contributed by atoms with Crippen LogP contribution in [-0.4, -0.2) is 12.7 Å². The Kier molecular flexibility index (Phi) is 6.84. The summed E-state index contributed by atoms with van der Waals surface area (Å²) in [6, 6.07) is 54.9. The largest absolute Gasteiger partial charge is 0.338 e. The summed E-state index contributed by atoms with van der Waals surface area (Å²) in [7, 11) is -1.89. The lowest BCUT2D eigenvalue weighted by Crippen LogP contribution is -2.37. The van der Waals surface area contributed by atoms with E-state index in [2.05, 4.69) is 157 Å². The van der Waals surface area contributed by atoms with Crippen molar-refractivity contribution in [2.75, 3.05) is 17.6 Å². The van der Waals surface area contributed by atoms with Gasteiger partial charge >= 0.3 is 0 Å². The second kappa shape index (κ2) is 10.5. The van der Waals surface area contributed by atoms with Crippen LogP contribution in [0.3, 0.4) is 0 Å². The summed E-state index contributed by atoms with van der Waals surface area (Å²) < 4.78 is 0. The van der Waals surface area contributed by atoms with Crippen LogP contribution >= 0.6 is 7.26 Å². The van der Waals surface area contributed by atoms with E-state index >= 15 is 0 Å². The predicted octanol–water partition coefficient (Wildman–Crippen LogP) is 6.82. The van der Waals surface area contributed by atoms with Crippen molar-refractivity contribution in [1.29, 1.82) is 0 Å². The average molecular weight is 459 g/mol. The maximum absolute atomic E-state index is 2.46. The molecule has 0 N–H and O–H groups in total. The lowest BCUT2D eigenvalue weighted by Gasteiger charge is -2.31. The molecule has 5 aromatic carbocycles. The van der Waals surface area contributed by atoms with E-state index in [-0.39, 0.29) is 0 Å². The van der Waals surface area contributed by atoms with Gasteiger partial charge in [-0.15, -0.1) is 0 Å². The highest BCUT2D eigenvalue weighted by Crippen LogP contribution is 2.55. The van der Waals surface area contributed by atoms with Crippen molar-refractivity contribution < 1.29 is 0 Å². The van der Waals surface area contributed by atoms with Crippen LogP contribution in [0.5, 0.6) is 0 Å². The van der Waals surface area contributed by atoms with Crippen molar-refractivity contribution in [3.8, 4) is 0 Å². The molecule has 0 atom stereocenters. The highest BCUT2D eigenvalue weighted by Gasteiger charge is 2.45.